The van der Waals surface area contributed by atoms with Gasteiger partial charge in [0.15, 0.2) is 12.3 Å². The van der Waals surface area contributed by atoms with Crippen LogP contribution in [0.25, 0.3) is 0 Å². The van der Waals surface area contributed by atoms with Crippen LogP contribution in [0, 0.1) is 0 Å². The summed E-state index contributed by atoms with van der Waals surface area (Å²) >= 11 is 0. The number of hydrogen-bond donors (Lipinski definition) is 1. The second kappa shape index (κ2) is 5.57. The van der Waals surface area contributed by atoms with Crippen LogP contribution in [0.3, 0.4) is 0 Å². The van der Waals surface area contributed by atoms with E-state index >= 15 is 0 Å². The minimum atomic E-state index is -0.882. The van der Waals surface area contributed by atoms with Crippen molar-refractivity contribution in [3.63, 3.8) is 0 Å². The summed E-state index contributed by atoms with van der Waals surface area (Å²) in [5.41, 5.74) is 0.865. The van der Waals surface area contributed by atoms with Crippen molar-refractivity contribution in [3.05, 3.63) is 47.7 Å². The molecule has 2 atom stereocenters. The molecular weight excluding hydrogens is 274 g/mol. The number of amides is 1. The molecule has 1 aromatic carbocycles. The number of nitrogens with zero attached hydrogens (tertiary/aromatic N) is 1. The molecule has 2 heterocycles. The number of ether oxygens (including phenoxy) is 2. The third-order valence-electron chi connectivity index (χ3n) is 3.51. The minimum Gasteiger partial charge on any atom is -0.472 e. The standard InChI is InChI=1S/C15H15NO5/c17-7-6-11-14(16-12(18)8-13(16)21-11)15(19)20-9-10-4-2-1-3-5-10/h1-6,13-14,17H,7-9H2/t13-,14-/m1/s1. The second-order valence-corrected chi connectivity index (χ2v) is 4.86. The van der Waals surface area contributed by atoms with Gasteiger partial charge in [-0.05, 0) is 11.6 Å². The highest BCUT2D eigenvalue weighted by atomic mass is 16.6. The molecule has 6 heteroatoms. The van der Waals surface area contributed by atoms with Crippen molar-refractivity contribution in [2.45, 2.75) is 25.3 Å². The quantitative estimate of drug-likeness (QED) is 0.647. The maximum absolute atomic E-state index is 12.2. The monoisotopic (exact) mass is 289 g/mol. The van der Waals surface area contributed by atoms with Crippen molar-refractivity contribution in [1.82, 2.24) is 4.90 Å². The predicted molar refractivity (Wildman–Crippen MR) is 71.5 cm³/mol. The lowest BCUT2D eigenvalue weighted by molar-refractivity contribution is -0.166. The van der Waals surface area contributed by atoms with Crippen molar-refractivity contribution < 1.29 is 24.2 Å². The summed E-state index contributed by atoms with van der Waals surface area (Å²) < 4.78 is 10.7. The third-order valence-corrected chi connectivity index (χ3v) is 3.51. The van der Waals surface area contributed by atoms with Crippen LogP contribution in [0.5, 0.6) is 0 Å². The molecule has 1 aromatic rings. The summed E-state index contributed by atoms with van der Waals surface area (Å²) in [6, 6.07) is 8.40. The molecule has 0 radical (unpaired) electrons. The molecule has 0 aliphatic carbocycles. The zero-order valence-electron chi connectivity index (χ0n) is 11.3. The molecule has 110 valence electrons. The zero-order valence-corrected chi connectivity index (χ0v) is 11.3. The molecule has 1 N–H and O–H groups in total. The fourth-order valence-corrected chi connectivity index (χ4v) is 2.46. The van der Waals surface area contributed by atoms with Crippen LogP contribution in [0.4, 0.5) is 0 Å². The van der Waals surface area contributed by atoms with Crippen LogP contribution in [-0.2, 0) is 25.7 Å². The average Bonchev–Trinajstić information content (AvgIpc) is 2.79. The van der Waals surface area contributed by atoms with Gasteiger partial charge < -0.3 is 14.6 Å². The number of carbonyl (C=O) groups excluding carboxylic acids is 2. The Hall–Kier alpha value is -2.34. The van der Waals surface area contributed by atoms with Crippen molar-refractivity contribution in [2.75, 3.05) is 6.61 Å². The summed E-state index contributed by atoms with van der Waals surface area (Å²) in [7, 11) is 0. The molecule has 3 rings (SSSR count). The first-order valence-electron chi connectivity index (χ1n) is 6.70. The Bertz CT molecular complexity index is 583. The number of aliphatic hydroxyl groups is 1. The number of β-lactam (4-membered cyclic amide) rings is 1. The van der Waals surface area contributed by atoms with Gasteiger partial charge in [-0.2, -0.15) is 0 Å². The molecule has 6 nitrogen and oxygen atoms in total. The molecule has 0 saturated carbocycles. The van der Waals surface area contributed by atoms with Gasteiger partial charge in [-0.15, -0.1) is 0 Å². The number of aliphatic hydroxyl groups excluding tert-OH is 1. The van der Waals surface area contributed by atoms with Crippen LogP contribution in [0.1, 0.15) is 12.0 Å². The Balaban J connectivity index is 1.70. The van der Waals surface area contributed by atoms with Gasteiger partial charge in [0, 0.05) is 0 Å². The molecule has 0 spiro atoms. The van der Waals surface area contributed by atoms with E-state index in [1.807, 2.05) is 30.3 Å². The lowest BCUT2D eigenvalue weighted by atomic mass is 10.1. The van der Waals surface area contributed by atoms with Crippen LogP contribution < -0.4 is 0 Å². The highest BCUT2D eigenvalue weighted by Crippen LogP contribution is 2.36. The summed E-state index contributed by atoms with van der Waals surface area (Å²) in [5.74, 6) is -0.413. The average molecular weight is 289 g/mol. The van der Waals surface area contributed by atoms with Gasteiger partial charge in [0.05, 0.1) is 13.0 Å². The molecular formula is C15H15NO5. The van der Waals surface area contributed by atoms with Crippen molar-refractivity contribution in [3.8, 4) is 0 Å². The predicted octanol–water partition coefficient (Wildman–Crippen LogP) is 0.563. The Morgan fingerprint density at radius 3 is 2.86 bits per heavy atom. The molecule has 21 heavy (non-hydrogen) atoms. The van der Waals surface area contributed by atoms with Gasteiger partial charge in [-0.25, -0.2) is 4.79 Å². The van der Waals surface area contributed by atoms with Gasteiger partial charge in [-0.1, -0.05) is 30.3 Å². The molecule has 0 unspecified atom stereocenters. The van der Waals surface area contributed by atoms with E-state index in [2.05, 4.69) is 0 Å². The van der Waals surface area contributed by atoms with Crippen LogP contribution >= 0.6 is 0 Å². The second-order valence-electron chi connectivity index (χ2n) is 4.86. The first-order chi connectivity index (χ1) is 10.2. The molecule has 2 aliphatic rings. The largest absolute Gasteiger partial charge is 0.472 e. The molecule has 0 aromatic heterocycles. The number of fused-ring (bicyclic) bond motifs is 1. The lowest BCUT2D eigenvalue weighted by Gasteiger charge is -2.33. The van der Waals surface area contributed by atoms with Gasteiger partial charge in [-0.3, -0.25) is 9.69 Å². The highest BCUT2D eigenvalue weighted by Gasteiger charge is 2.54. The van der Waals surface area contributed by atoms with E-state index in [0.29, 0.717) is 0 Å². The lowest BCUT2D eigenvalue weighted by Crippen LogP contribution is -2.55. The maximum Gasteiger partial charge on any atom is 0.337 e. The van der Waals surface area contributed by atoms with E-state index in [1.54, 1.807) is 0 Å². The molecule has 0 bridgehead atoms. The topological polar surface area (TPSA) is 76.1 Å². The molecule has 1 amide bonds. The number of carbonyl (C=O) groups is 2. The fraction of sp³-hybridized carbons (Fsp3) is 0.333. The first kappa shape index (κ1) is 13.6. The maximum atomic E-state index is 12.2. The van der Waals surface area contributed by atoms with Gasteiger partial charge in [0.25, 0.3) is 0 Å². The van der Waals surface area contributed by atoms with Crippen LogP contribution in [0.15, 0.2) is 42.2 Å². The first-order valence-corrected chi connectivity index (χ1v) is 6.70. The fourth-order valence-electron chi connectivity index (χ4n) is 2.46. The van der Waals surface area contributed by atoms with E-state index in [1.165, 1.54) is 11.0 Å². The number of esters is 1. The summed E-state index contributed by atoms with van der Waals surface area (Å²) in [6.07, 6.45) is 1.23. The third kappa shape index (κ3) is 2.50. The number of rotatable bonds is 4. The van der Waals surface area contributed by atoms with E-state index in [9.17, 15) is 9.59 Å². The van der Waals surface area contributed by atoms with E-state index in [4.69, 9.17) is 14.6 Å². The SMILES string of the molecule is O=C(OCc1ccccc1)[C@H]1C(=CCO)O[C@@H]2CC(=O)N12. The van der Waals surface area contributed by atoms with Gasteiger partial charge >= 0.3 is 5.97 Å². The number of hydrogen-bond acceptors (Lipinski definition) is 5. The van der Waals surface area contributed by atoms with E-state index in [-0.39, 0.29) is 31.3 Å². The van der Waals surface area contributed by atoms with Crippen molar-refractivity contribution in [1.29, 1.82) is 0 Å². The zero-order chi connectivity index (χ0) is 14.8. The smallest absolute Gasteiger partial charge is 0.337 e. The summed E-state index contributed by atoms with van der Waals surface area (Å²) in [6.45, 7) is -0.123. The van der Waals surface area contributed by atoms with Crippen LogP contribution in [0.2, 0.25) is 0 Å². The van der Waals surface area contributed by atoms with Gasteiger partial charge in [0.1, 0.15) is 12.4 Å². The molecule has 2 aliphatic heterocycles. The Kier molecular flexibility index (Phi) is 3.62. The molecule has 2 saturated heterocycles. The Labute approximate surface area is 121 Å². The van der Waals surface area contributed by atoms with Crippen molar-refractivity contribution >= 4 is 11.9 Å². The van der Waals surface area contributed by atoms with E-state index in [0.717, 1.165) is 5.56 Å². The summed E-state index contributed by atoms with van der Waals surface area (Å²) in [5, 5.41) is 8.98. The normalized spacial score (nSPS) is 25.3. The summed E-state index contributed by atoms with van der Waals surface area (Å²) in [4.78, 5) is 25.2. The van der Waals surface area contributed by atoms with Crippen molar-refractivity contribution in [2.24, 2.45) is 0 Å². The Morgan fingerprint density at radius 2 is 2.19 bits per heavy atom. The Morgan fingerprint density at radius 1 is 1.43 bits per heavy atom. The van der Waals surface area contributed by atoms with Crippen LogP contribution in [-0.4, -0.2) is 40.8 Å². The number of benzene rings is 1. The van der Waals surface area contributed by atoms with Gasteiger partial charge in [0.2, 0.25) is 5.91 Å². The van der Waals surface area contributed by atoms with E-state index < -0.39 is 18.2 Å². The highest BCUT2D eigenvalue weighted by molar-refractivity contribution is 5.91. The minimum absolute atomic E-state index is 0.134. The molecule has 2 fully saturated rings.